The highest BCUT2D eigenvalue weighted by Gasteiger charge is 2.14. The Kier molecular flexibility index (Phi) is 7.95. The molecule has 0 atom stereocenters. The van der Waals surface area contributed by atoms with E-state index in [4.69, 9.17) is 9.47 Å². The van der Waals surface area contributed by atoms with Crippen molar-refractivity contribution < 1.29 is 9.47 Å². The fourth-order valence-corrected chi connectivity index (χ4v) is 3.77. The Morgan fingerprint density at radius 2 is 2.03 bits per heavy atom. The van der Waals surface area contributed by atoms with Gasteiger partial charge in [0, 0.05) is 18.1 Å². The molecule has 182 valence electrons. The lowest BCUT2D eigenvalue weighted by molar-refractivity contribution is 0.285. The number of benzene rings is 2. The van der Waals surface area contributed by atoms with E-state index in [1.807, 2.05) is 74.5 Å². The van der Waals surface area contributed by atoms with Crippen molar-refractivity contribution >= 4 is 28.6 Å². The third-order valence-corrected chi connectivity index (χ3v) is 5.52. The van der Waals surface area contributed by atoms with Crippen LogP contribution in [-0.4, -0.2) is 41.0 Å². The van der Waals surface area contributed by atoms with Crippen molar-refractivity contribution in [2.45, 2.75) is 34.1 Å². The van der Waals surface area contributed by atoms with Gasteiger partial charge in [0.2, 0.25) is 0 Å². The lowest BCUT2D eigenvalue weighted by Gasteiger charge is -2.18. The molecule has 0 amide bonds. The topological polar surface area (TPSA) is 83.9 Å². The zero-order valence-electron chi connectivity index (χ0n) is 20.7. The second kappa shape index (κ2) is 11.5. The van der Waals surface area contributed by atoms with Gasteiger partial charge >= 0.3 is 0 Å². The van der Waals surface area contributed by atoms with Crippen LogP contribution in [0.5, 0.6) is 11.5 Å². The highest BCUT2D eigenvalue weighted by atomic mass is 16.5. The largest absolute Gasteiger partial charge is 0.477 e. The first-order chi connectivity index (χ1) is 17.1. The molecule has 0 saturated heterocycles. The average Bonchev–Trinajstić information content (AvgIpc) is 2.86. The van der Waals surface area contributed by atoms with Gasteiger partial charge in [-0.25, -0.2) is 9.97 Å². The average molecular weight is 473 g/mol. The van der Waals surface area contributed by atoms with Crippen LogP contribution >= 0.6 is 0 Å². The molecule has 1 aliphatic rings. The van der Waals surface area contributed by atoms with Gasteiger partial charge in [0.15, 0.2) is 0 Å². The third kappa shape index (κ3) is 5.96. The van der Waals surface area contributed by atoms with E-state index in [1.54, 1.807) is 12.5 Å². The van der Waals surface area contributed by atoms with Crippen LogP contribution in [0.4, 0.5) is 11.5 Å². The van der Waals surface area contributed by atoms with Gasteiger partial charge in [-0.15, -0.1) is 0 Å². The summed E-state index contributed by atoms with van der Waals surface area (Å²) in [6.07, 6.45) is 10.2. The maximum atomic E-state index is 6.10. The van der Waals surface area contributed by atoms with Crippen molar-refractivity contribution in [3.63, 3.8) is 0 Å². The molecule has 0 unspecified atom stereocenters. The van der Waals surface area contributed by atoms with Crippen LogP contribution in [0, 0.1) is 13.8 Å². The Balaban J connectivity index is 1.54. The second-order valence-electron chi connectivity index (χ2n) is 8.24. The van der Waals surface area contributed by atoms with Crippen LogP contribution in [0.2, 0.25) is 0 Å². The molecule has 0 aliphatic carbocycles. The van der Waals surface area contributed by atoms with Crippen LogP contribution in [0.25, 0.3) is 10.9 Å². The number of nitrogens with zero attached hydrogens (tertiary/aromatic N) is 4. The van der Waals surface area contributed by atoms with Gasteiger partial charge in [0.05, 0.1) is 17.4 Å². The first-order valence-corrected chi connectivity index (χ1v) is 11.9. The van der Waals surface area contributed by atoms with E-state index in [2.05, 4.69) is 32.6 Å². The number of hydrogen-bond acceptors (Lipinski definition) is 8. The molecule has 1 aromatic heterocycles. The molecule has 8 heteroatoms. The summed E-state index contributed by atoms with van der Waals surface area (Å²) in [6.45, 7) is 10.1. The quantitative estimate of drug-likeness (QED) is 0.231. The zero-order valence-corrected chi connectivity index (χ0v) is 20.7. The van der Waals surface area contributed by atoms with Crippen molar-refractivity contribution in [1.29, 1.82) is 0 Å². The number of hydrogen-bond donors (Lipinski definition) is 2. The summed E-state index contributed by atoms with van der Waals surface area (Å²) in [5.74, 6) is 3.08. The predicted octanol–water partition coefficient (Wildman–Crippen LogP) is 5.42. The lowest BCUT2D eigenvalue weighted by Crippen LogP contribution is -2.21. The van der Waals surface area contributed by atoms with Crippen molar-refractivity contribution in [1.82, 2.24) is 20.3 Å². The smallest absolute Gasteiger partial charge is 0.145 e. The minimum Gasteiger partial charge on any atom is -0.477 e. The van der Waals surface area contributed by atoms with Crippen LogP contribution in [-0.2, 0) is 0 Å². The molecule has 35 heavy (non-hydrogen) atoms. The second-order valence-corrected chi connectivity index (χ2v) is 8.24. The Labute approximate surface area is 206 Å². The Morgan fingerprint density at radius 3 is 2.77 bits per heavy atom. The SMILES string of the molecule is C/C=N\N1C=CC(Oc2ccc(Nc3ncnc4ccc(C)c(OCNCCC)c34)cc2C)=CC1. The number of ether oxygens (including phenoxy) is 2. The molecule has 2 N–H and O–H groups in total. The number of allylic oxidation sites excluding steroid dienone is 1. The number of fused-ring (bicyclic) bond motifs is 1. The van der Waals surface area contributed by atoms with Crippen LogP contribution in [0.15, 0.2) is 65.9 Å². The Morgan fingerprint density at radius 1 is 1.14 bits per heavy atom. The van der Waals surface area contributed by atoms with Gasteiger partial charge in [-0.2, -0.15) is 5.10 Å². The van der Waals surface area contributed by atoms with Crippen molar-refractivity contribution in [2.24, 2.45) is 5.10 Å². The van der Waals surface area contributed by atoms with E-state index in [1.165, 1.54) is 0 Å². The van der Waals surface area contributed by atoms with Gasteiger partial charge in [-0.05, 0) is 81.3 Å². The number of aromatic nitrogens is 2. The first kappa shape index (κ1) is 24.2. The monoisotopic (exact) mass is 472 g/mol. The molecule has 8 nitrogen and oxygen atoms in total. The van der Waals surface area contributed by atoms with E-state index in [0.29, 0.717) is 19.1 Å². The van der Waals surface area contributed by atoms with Gasteiger partial charge in [0.25, 0.3) is 0 Å². The standard InChI is InChI=1S/C27H32N6O2/c1-5-13-28-18-34-26-19(3)7-9-23-25(26)27(30-17-29-23)32-21-8-10-24(20(4)16-21)35-22-11-14-33(15-12-22)31-6-2/h6-12,14,16-17,28H,5,13,15,18H2,1-4H3,(H,29,30,32)/b31-6-. The van der Waals surface area contributed by atoms with Gasteiger partial charge in [-0.3, -0.25) is 10.3 Å². The minimum absolute atomic E-state index is 0.431. The fraction of sp³-hybridized carbons (Fsp3) is 0.296. The molecule has 4 rings (SSSR count). The van der Waals surface area contributed by atoms with E-state index in [0.717, 1.165) is 57.9 Å². The van der Waals surface area contributed by atoms with E-state index >= 15 is 0 Å². The molecule has 3 aromatic rings. The molecule has 0 radical (unpaired) electrons. The summed E-state index contributed by atoms with van der Waals surface area (Å²) in [4.78, 5) is 8.97. The fourth-order valence-electron chi connectivity index (χ4n) is 3.77. The maximum absolute atomic E-state index is 6.10. The molecule has 0 fully saturated rings. The summed E-state index contributed by atoms with van der Waals surface area (Å²) in [7, 11) is 0. The zero-order chi connectivity index (χ0) is 24.6. The Bertz CT molecular complexity index is 1270. The van der Waals surface area contributed by atoms with E-state index in [9.17, 15) is 0 Å². The molecule has 2 heterocycles. The normalized spacial score (nSPS) is 13.4. The highest BCUT2D eigenvalue weighted by Crippen LogP contribution is 2.35. The molecule has 0 spiro atoms. The molecule has 0 saturated carbocycles. The summed E-state index contributed by atoms with van der Waals surface area (Å²) in [5.41, 5.74) is 3.77. The molecular formula is C27H32N6O2. The molecule has 2 aromatic carbocycles. The van der Waals surface area contributed by atoms with Crippen molar-refractivity contribution in [3.05, 3.63) is 71.9 Å². The van der Waals surface area contributed by atoms with Crippen molar-refractivity contribution in [2.75, 3.05) is 25.1 Å². The minimum atomic E-state index is 0.431. The van der Waals surface area contributed by atoms with Crippen LogP contribution in [0.1, 0.15) is 31.4 Å². The lowest BCUT2D eigenvalue weighted by atomic mass is 10.1. The maximum Gasteiger partial charge on any atom is 0.145 e. The number of hydrazone groups is 1. The number of anilines is 2. The van der Waals surface area contributed by atoms with E-state index < -0.39 is 0 Å². The van der Waals surface area contributed by atoms with Gasteiger partial charge < -0.3 is 14.8 Å². The molecular weight excluding hydrogens is 440 g/mol. The van der Waals surface area contributed by atoms with Gasteiger partial charge in [0.1, 0.15) is 36.1 Å². The van der Waals surface area contributed by atoms with E-state index in [-0.39, 0.29) is 0 Å². The predicted molar refractivity (Wildman–Crippen MR) is 141 cm³/mol. The number of nitrogens with one attached hydrogen (secondary N) is 2. The summed E-state index contributed by atoms with van der Waals surface area (Å²) >= 11 is 0. The summed E-state index contributed by atoms with van der Waals surface area (Å²) < 4.78 is 12.2. The summed E-state index contributed by atoms with van der Waals surface area (Å²) in [6, 6.07) is 10.0. The first-order valence-electron chi connectivity index (χ1n) is 11.9. The van der Waals surface area contributed by atoms with Crippen LogP contribution < -0.4 is 20.1 Å². The van der Waals surface area contributed by atoms with Crippen LogP contribution in [0.3, 0.4) is 0 Å². The molecule has 1 aliphatic heterocycles. The molecule has 0 bridgehead atoms. The third-order valence-electron chi connectivity index (χ3n) is 5.52. The van der Waals surface area contributed by atoms with Gasteiger partial charge in [-0.1, -0.05) is 13.0 Å². The number of rotatable bonds is 10. The Hall–Kier alpha value is -3.91. The summed E-state index contributed by atoms with van der Waals surface area (Å²) in [5, 5.41) is 13.7. The van der Waals surface area contributed by atoms with Crippen molar-refractivity contribution in [3.8, 4) is 11.5 Å². The highest BCUT2D eigenvalue weighted by molar-refractivity contribution is 5.96. The number of aryl methyl sites for hydroxylation is 2.